The molecule has 8 heteroatoms. The molecule has 27 heavy (non-hydrogen) atoms. The summed E-state index contributed by atoms with van der Waals surface area (Å²) in [7, 11) is 0. The maximum Gasteiger partial charge on any atom is 0.236 e. The Morgan fingerprint density at radius 2 is 2.00 bits per heavy atom. The van der Waals surface area contributed by atoms with Gasteiger partial charge in [-0.1, -0.05) is 18.2 Å². The van der Waals surface area contributed by atoms with Crippen molar-refractivity contribution < 1.29 is 4.79 Å². The number of nitrogens with one attached hydrogen (secondary N) is 1. The molecule has 1 amide bonds. The molecule has 1 aliphatic rings. The third kappa shape index (κ3) is 3.59. The Bertz CT molecular complexity index is 983. The normalized spacial score (nSPS) is 21.4. The third-order valence-electron chi connectivity index (χ3n) is 4.57. The number of thioether (sulfide) groups is 1. The number of hydrogen-bond donors (Lipinski definition) is 2. The molecule has 0 bridgehead atoms. The number of nitrogens with two attached hydrogens (primary N) is 1. The summed E-state index contributed by atoms with van der Waals surface area (Å²) >= 11 is 6.89. The summed E-state index contributed by atoms with van der Waals surface area (Å²) in [6, 6.07) is 13.7. The van der Waals surface area contributed by atoms with Crippen LogP contribution in [0, 0.1) is 0 Å². The molecule has 0 radical (unpaired) electrons. The fourth-order valence-electron chi connectivity index (χ4n) is 3.26. The number of carbonyl (C=O) groups is 1. The van der Waals surface area contributed by atoms with Gasteiger partial charge in [0.05, 0.1) is 19.7 Å². The molecule has 4 rings (SSSR count). The van der Waals surface area contributed by atoms with E-state index in [-0.39, 0.29) is 16.0 Å². The summed E-state index contributed by atoms with van der Waals surface area (Å²) in [5, 5.41) is 8.21. The van der Waals surface area contributed by atoms with Gasteiger partial charge in [0.2, 0.25) is 5.91 Å². The van der Waals surface area contributed by atoms with Crippen LogP contribution in [-0.4, -0.2) is 26.5 Å². The van der Waals surface area contributed by atoms with Gasteiger partial charge < -0.3 is 5.73 Å². The van der Waals surface area contributed by atoms with E-state index in [1.54, 1.807) is 23.1 Å². The van der Waals surface area contributed by atoms with Crippen LogP contribution in [0.1, 0.15) is 24.8 Å². The number of rotatable bonds is 4. The first-order chi connectivity index (χ1) is 12.8. The molecule has 1 unspecified atom stereocenters. The zero-order chi connectivity index (χ0) is 19.2. The van der Waals surface area contributed by atoms with Crippen molar-refractivity contribution >= 4 is 44.9 Å². The van der Waals surface area contributed by atoms with Gasteiger partial charge >= 0.3 is 0 Å². The molecule has 1 fully saturated rings. The number of primary amides is 1. The van der Waals surface area contributed by atoms with E-state index < -0.39 is 6.04 Å². The molecule has 1 aliphatic heterocycles. The highest BCUT2D eigenvalue weighted by Gasteiger charge is 2.45. The lowest BCUT2D eigenvalue weighted by molar-refractivity contribution is -0.120. The van der Waals surface area contributed by atoms with Crippen molar-refractivity contribution in [2.24, 2.45) is 5.73 Å². The summed E-state index contributed by atoms with van der Waals surface area (Å²) in [5.41, 5.74) is 8.59. The Labute approximate surface area is 174 Å². The van der Waals surface area contributed by atoms with E-state index in [0.717, 1.165) is 25.6 Å². The summed E-state index contributed by atoms with van der Waals surface area (Å²) in [6.45, 7) is 4.09. The number of aromatic nitrogens is 2. The Kier molecular flexibility index (Phi) is 4.92. The van der Waals surface area contributed by atoms with Gasteiger partial charge in [0.1, 0.15) is 11.7 Å². The zero-order valence-corrected chi connectivity index (χ0v) is 18.1. The summed E-state index contributed by atoms with van der Waals surface area (Å²) < 4.78 is 2.66. The van der Waals surface area contributed by atoms with Crippen LogP contribution >= 0.6 is 39.0 Å². The molecule has 2 atom stereocenters. The van der Waals surface area contributed by atoms with Crippen LogP contribution in [0.25, 0.3) is 16.3 Å². The summed E-state index contributed by atoms with van der Waals surface area (Å²) in [5.74, 6) is -0.328. The van der Waals surface area contributed by atoms with Crippen LogP contribution in [0.4, 0.5) is 0 Å². The van der Waals surface area contributed by atoms with Gasteiger partial charge in [0.15, 0.2) is 0 Å². The molecule has 140 valence electrons. The van der Waals surface area contributed by atoms with E-state index in [2.05, 4.69) is 27.3 Å². The van der Waals surface area contributed by atoms with E-state index in [4.69, 9.17) is 10.8 Å². The molecule has 0 saturated carbocycles. The molecular weight excluding hydrogens is 444 g/mol. The van der Waals surface area contributed by atoms with Crippen LogP contribution in [0.2, 0.25) is 0 Å². The fourth-order valence-corrected chi connectivity index (χ4v) is 6.09. The Morgan fingerprint density at radius 3 is 2.59 bits per heavy atom. The van der Waals surface area contributed by atoms with Crippen molar-refractivity contribution in [1.82, 2.24) is 15.1 Å². The first-order valence-corrected chi connectivity index (χ1v) is 11.0. The van der Waals surface area contributed by atoms with E-state index in [1.165, 1.54) is 0 Å². The topological polar surface area (TPSA) is 72.9 Å². The van der Waals surface area contributed by atoms with Crippen LogP contribution in [0.15, 0.2) is 52.4 Å². The van der Waals surface area contributed by atoms with Gasteiger partial charge in [-0.15, -0.1) is 23.1 Å². The molecule has 3 heterocycles. The summed E-state index contributed by atoms with van der Waals surface area (Å²) in [6.07, 6.45) is 2.04. The number of nitrogens with zero attached hydrogens (tertiary/aromatic N) is 2. The van der Waals surface area contributed by atoms with Crippen molar-refractivity contribution in [1.29, 1.82) is 0 Å². The maximum atomic E-state index is 11.9. The first-order valence-electron chi connectivity index (χ1n) is 8.49. The standard InChI is InChI=1S/C19H19BrN4OS2/c1-19(2)16(17(21)25)22-18(27-19)12-10-24(11-6-4-3-5-7-11)23-15(12)13-8-9-14(20)26-13/h3-10,16,18,22H,1-2H3,(H2,21,25)/t16-,18?/m0/s1. The second-order valence-corrected chi connectivity index (χ2v) is 11.1. The molecule has 0 aliphatic carbocycles. The Hall–Kier alpha value is -1.61. The monoisotopic (exact) mass is 462 g/mol. The Balaban J connectivity index is 1.80. The fraction of sp³-hybridized carbons (Fsp3) is 0.263. The highest BCUT2D eigenvalue weighted by molar-refractivity contribution is 9.11. The van der Waals surface area contributed by atoms with Gasteiger partial charge in [-0.25, -0.2) is 4.68 Å². The molecule has 5 nitrogen and oxygen atoms in total. The second kappa shape index (κ2) is 7.09. The predicted octanol–water partition coefficient (Wildman–Crippen LogP) is 4.33. The average Bonchev–Trinajstić information content (AvgIpc) is 3.31. The molecule has 1 aromatic carbocycles. The zero-order valence-electron chi connectivity index (χ0n) is 14.8. The van der Waals surface area contributed by atoms with Crippen molar-refractivity contribution in [3.8, 4) is 16.3 Å². The minimum atomic E-state index is -0.393. The molecule has 1 saturated heterocycles. The van der Waals surface area contributed by atoms with Gasteiger partial charge in [-0.3, -0.25) is 10.1 Å². The number of benzene rings is 1. The van der Waals surface area contributed by atoms with E-state index >= 15 is 0 Å². The van der Waals surface area contributed by atoms with Crippen molar-refractivity contribution in [2.45, 2.75) is 30.0 Å². The third-order valence-corrected chi connectivity index (χ3v) is 7.67. The van der Waals surface area contributed by atoms with Gasteiger partial charge in [0, 0.05) is 16.5 Å². The summed E-state index contributed by atoms with van der Waals surface area (Å²) in [4.78, 5) is 13.0. The first kappa shape index (κ1) is 18.7. The largest absolute Gasteiger partial charge is 0.368 e. The molecule has 2 aromatic heterocycles. The predicted molar refractivity (Wildman–Crippen MR) is 115 cm³/mol. The second-order valence-electron chi connectivity index (χ2n) is 6.92. The molecule has 3 aromatic rings. The number of halogens is 1. The van der Waals surface area contributed by atoms with E-state index in [0.29, 0.717) is 0 Å². The average molecular weight is 463 g/mol. The highest BCUT2D eigenvalue weighted by atomic mass is 79.9. The van der Waals surface area contributed by atoms with Crippen LogP contribution < -0.4 is 11.1 Å². The van der Waals surface area contributed by atoms with Gasteiger partial charge in [-0.05, 0) is 54.0 Å². The van der Waals surface area contributed by atoms with Crippen molar-refractivity contribution in [3.63, 3.8) is 0 Å². The lowest BCUT2D eigenvalue weighted by Crippen LogP contribution is -2.47. The highest BCUT2D eigenvalue weighted by Crippen LogP contribution is 2.48. The number of para-hydroxylation sites is 1. The number of hydrogen-bond acceptors (Lipinski definition) is 5. The molecule has 0 spiro atoms. The lowest BCUT2D eigenvalue weighted by Gasteiger charge is -2.21. The van der Waals surface area contributed by atoms with Crippen molar-refractivity contribution in [2.75, 3.05) is 0 Å². The van der Waals surface area contributed by atoms with Gasteiger partial charge in [-0.2, -0.15) is 5.10 Å². The van der Waals surface area contributed by atoms with Gasteiger partial charge in [0.25, 0.3) is 0 Å². The lowest BCUT2D eigenvalue weighted by atomic mass is 10.0. The SMILES string of the molecule is CC1(C)SC(c2cn(-c3ccccc3)nc2-c2ccc(Br)s2)N[C@H]1C(N)=O. The Morgan fingerprint density at radius 1 is 1.26 bits per heavy atom. The molecular formula is C19H19BrN4OS2. The minimum Gasteiger partial charge on any atom is -0.368 e. The van der Waals surface area contributed by atoms with E-state index in [1.807, 2.05) is 61.1 Å². The minimum absolute atomic E-state index is 0.0640. The maximum absolute atomic E-state index is 11.9. The van der Waals surface area contributed by atoms with Crippen LogP contribution in [0.5, 0.6) is 0 Å². The van der Waals surface area contributed by atoms with Crippen LogP contribution in [-0.2, 0) is 4.79 Å². The number of thiophene rings is 1. The molecule has 3 N–H and O–H groups in total. The number of carbonyl (C=O) groups excluding carboxylic acids is 1. The number of amides is 1. The van der Waals surface area contributed by atoms with Crippen LogP contribution in [0.3, 0.4) is 0 Å². The van der Waals surface area contributed by atoms with Crippen molar-refractivity contribution in [3.05, 3.63) is 58.0 Å². The smallest absolute Gasteiger partial charge is 0.236 e. The van der Waals surface area contributed by atoms with E-state index in [9.17, 15) is 4.79 Å². The quantitative estimate of drug-likeness (QED) is 0.604.